The molecule has 0 saturated heterocycles. The highest BCUT2D eigenvalue weighted by atomic mass is 127. The van der Waals surface area contributed by atoms with Gasteiger partial charge in [-0.2, -0.15) is 0 Å². The van der Waals surface area contributed by atoms with Crippen LogP contribution in [0.5, 0.6) is 11.5 Å². The molecule has 16 heavy (non-hydrogen) atoms. The molecule has 0 aliphatic carbocycles. The van der Waals surface area contributed by atoms with Gasteiger partial charge in [-0.15, -0.1) is 0 Å². The van der Waals surface area contributed by atoms with E-state index in [1.54, 1.807) is 6.07 Å². The van der Waals surface area contributed by atoms with E-state index in [1.807, 2.05) is 0 Å². The largest absolute Gasteiger partial charge is 1.00 e. The van der Waals surface area contributed by atoms with Crippen LogP contribution in [-0.2, 0) is 17.3 Å². The summed E-state index contributed by atoms with van der Waals surface area (Å²) in [6.07, 6.45) is 7.30. The lowest BCUT2D eigenvalue weighted by atomic mass is 10.1. The summed E-state index contributed by atoms with van der Waals surface area (Å²) in [6.45, 7) is 0.546. The quantitative estimate of drug-likeness (QED) is 0.329. The highest BCUT2D eigenvalue weighted by Crippen LogP contribution is 2.24. The third-order valence-corrected chi connectivity index (χ3v) is 1.47. The Morgan fingerprint density at radius 1 is 1.12 bits per heavy atom. The van der Waals surface area contributed by atoms with Crippen molar-refractivity contribution in [1.82, 2.24) is 0 Å². The Balaban J connectivity index is 0. The minimum Gasteiger partial charge on any atom is -1.00 e. The number of hydrogen-bond donors (Lipinski definition) is 3. The predicted octanol–water partition coefficient (Wildman–Crippen LogP) is -1.90. The van der Waals surface area contributed by atoms with E-state index in [1.165, 1.54) is 12.1 Å². The van der Waals surface area contributed by atoms with E-state index in [9.17, 15) is 0 Å². The molecule has 0 unspecified atom stereocenters. The van der Waals surface area contributed by atoms with Crippen molar-refractivity contribution in [2.24, 2.45) is 5.73 Å². The maximum absolute atomic E-state index is 9.04. The maximum atomic E-state index is 9.04. The first kappa shape index (κ1) is 18.2. The molecule has 94 valence electrons. The molecule has 5 heteroatoms. The molecule has 1 rings (SSSR count). The van der Waals surface area contributed by atoms with Gasteiger partial charge in [0.2, 0.25) is 0 Å². The van der Waals surface area contributed by atoms with Crippen LogP contribution in [0.25, 0.3) is 0 Å². The van der Waals surface area contributed by atoms with Gasteiger partial charge in [0.1, 0.15) is 0 Å². The summed E-state index contributed by atoms with van der Waals surface area (Å²) in [6, 6.07) is 4.71. The number of nitrogens with two attached hydrogens (primary N) is 1. The highest BCUT2D eigenvalue weighted by Gasteiger charge is 1.98. The van der Waals surface area contributed by atoms with Gasteiger partial charge in [-0.3, -0.25) is 0 Å². The summed E-state index contributed by atoms with van der Waals surface area (Å²) >= 11 is 0. The van der Waals surface area contributed by atoms with E-state index >= 15 is 0 Å². The van der Waals surface area contributed by atoms with Crippen LogP contribution in [0.2, 0.25) is 0 Å². The zero-order valence-corrected chi connectivity index (χ0v) is 12.9. The van der Waals surface area contributed by atoms with E-state index in [0.717, 1.165) is 5.56 Å². The number of phenolic OH excluding ortho intramolecular Hbond substituents is 2. The van der Waals surface area contributed by atoms with Crippen molar-refractivity contribution in [1.29, 1.82) is 0 Å². The molecular formula is C11H20INO2S. The van der Waals surface area contributed by atoms with Crippen LogP contribution < -0.4 is 29.7 Å². The Bertz CT molecular complexity index is 293. The third kappa shape index (κ3) is 9.11. The van der Waals surface area contributed by atoms with Crippen molar-refractivity contribution in [2.45, 2.75) is 6.42 Å². The third-order valence-electron chi connectivity index (χ3n) is 1.47. The van der Waals surface area contributed by atoms with E-state index in [2.05, 4.69) is 18.8 Å². The van der Waals surface area contributed by atoms with Crippen molar-refractivity contribution < 1.29 is 34.2 Å². The van der Waals surface area contributed by atoms with Crippen molar-refractivity contribution in [3.8, 4) is 11.5 Å². The number of rotatable bonds is 2. The molecule has 0 spiro atoms. The minimum absolute atomic E-state index is 0. The van der Waals surface area contributed by atoms with Gasteiger partial charge in [-0.05, 0) is 41.6 Å². The summed E-state index contributed by atoms with van der Waals surface area (Å²) < 4.78 is 0. The second-order valence-electron chi connectivity index (χ2n) is 3.59. The van der Waals surface area contributed by atoms with Gasteiger partial charge >= 0.3 is 0 Å². The van der Waals surface area contributed by atoms with Crippen molar-refractivity contribution >= 4 is 10.9 Å². The van der Waals surface area contributed by atoms with Crippen LogP contribution in [0.4, 0.5) is 0 Å². The van der Waals surface area contributed by atoms with E-state index in [-0.39, 0.29) is 35.5 Å². The number of hydrogen-bond acceptors (Lipinski definition) is 3. The summed E-state index contributed by atoms with van der Waals surface area (Å²) in [5.41, 5.74) is 6.24. The normalized spacial score (nSPS) is 9.06. The van der Waals surface area contributed by atoms with Gasteiger partial charge < -0.3 is 39.9 Å². The fraction of sp³-hybridized carbons (Fsp3) is 0.455. The number of benzene rings is 1. The monoisotopic (exact) mass is 357 g/mol. The van der Waals surface area contributed by atoms with Crippen LogP contribution in [0.1, 0.15) is 5.56 Å². The Morgan fingerprint density at radius 3 is 2.00 bits per heavy atom. The average molecular weight is 357 g/mol. The zero-order chi connectivity index (χ0) is 11.8. The van der Waals surface area contributed by atoms with Crippen LogP contribution in [-0.4, -0.2) is 35.5 Å². The fourth-order valence-corrected chi connectivity index (χ4v) is 0.891. The lowest BCUT2D eigenvalue weighted by Crippen LogP contribution is -3.00. The second kappa shape index (κ2) is 10.0. The molecule has 1 aromatic carbocycles. The molecule has 0 aromatic heterocycles. The lowest BCUT2D eigenvalue weighted by Gasteiger charge is -2.00. The topological polar surface area (TPSA) is 66.5 Å². The zero-order valence-electron chi connectivity index (χ0n) is 9.90. The molecule has 0 atom stereocenters. The van der Waals surface area contributed by atoms with Gasteiger partial charge in [0.05, 0.1) is 18.8 Å². The van der Waals surface area contributed by atoms with Crippen molar-refractivity contribution in [3.63, 3.8) is 0 Å². The summed E-state index contributed by atoms with van der Waals surface area (Å²) in [7, 11) is 0.639. The first-order valence-electron chi connectivity index (χ1n) is 4.67. The number of aromatic hydroxyl groups is 2. The molecule has 3 nitrogen and oxygen atoms in total. The number of phenols is 2. The minimum atomic E-state index is -0.0919. The maximum Gasteiger partial charge on any atom is 0.157 e. The van der Waals surface area contributed by atoms with Crippen LogP contribution in [0, 0.1) is 0 Å². The molecule has 0 aliphatic heterocycles. The van der Waals surface area contributed by atoms with Gasteiger partial charge in [0, 0.05) is 0 Å². The fourth-order valence-electron chi connectivity index (χ4n) is 0.891. The standard InChI is InChI=1S/C8H11NO2.C3H9S.HI/c9-4-3-6-1-2-7(10)8(11)5-6;1-4(2)3;/h1-2,5,10-11H,3-4,9H2;1-3H3;1H/q;+1;/p-1. The summed E-state index contributed by atoms with van der Waals surface area (Å²) in [5, 5.41) is 18.0. The van der Waals surface area contributed by atoms with E-state index in [4.69, 9.17) is 15.9 Å². The van der Waals surface area contributed by atoms with Crippen LogP contribution in [0.3, 0.4) is 0 Å². The van der Waals surface area contributed by atoms with Gasteiger partial charge in [-0.25, -0.2) is 0 Å². The van der Waals surface area contributed by atoms with Gasteiger partial charge in [0.15, 0.2) is 11.5 Å². The predicted molar refractivity (Wildman–Crippen MR) is 67.7 cm³/mol. The van der Waals surface area contributed by atoms with E-state index < -0.39 is 0 Å². The number of halogens is 1. The molecule has 0 fully saturated rings. The second-order valence-corrected chi connectivity index (χ2v) is 6.04. The average Bonchev–Trinajstić information content (AvgIpc) is 2.11. The molecular weight excluding hydrogens is 337 g/mol. The lowest BCUT2D eigenvalue weighted by molar-refractivity contribution is -0.00000526. The first-order chi connectivity index (χ1) is 6.97. The molecule has 0 amide bonds. The molecule has 0 heterocycles. The molecule has 0 saturated carbocycles. The molecule has 0 bridgehead atoms. The SMILES string of the molecule is C[S+](C)C.NCCc1ccc(O)c(O)c1.[I-]. The Labute approximate surface area is 117 Å². The Kier molecular flexibility index (Phi) is 11.4. The molecule has 0 aliphatic rings. The van der Waals surface area contributed by atoms with Crippen LogP contribution >= 0.6 is 0 Å². The van der Waals surface area contributed by atoms with Crippen molar-refractivity contribution in [3.05, 3.63) is 23.8 Å². The summed E-state index contributed by atoms with van der Waals surface area (Å²) in [5.74, 6) is -0.179. The first-order valence-corrected chi connectivity index (χ1v) is 7.12. The Hall–Kier alpha value is -0.140. The highest BCUT2D eigenvalue weighted by molar-refractivity contribution is 7.94. The van der Waals surface area contributed by atoms with Crippen molar-refractivity contribution in [2.75, 3.05) is 25.3 Å². The van der Waals surface area contributed by atoms with Gasteiger partial charge in [0.25, 0.3) is 0 Å². The Morgan fingerprint density at radius 2 is 1.62 bits per heavy atom. The van der Waals surface area contributed by atoms with E-state index in [0.29, 0.717) is 23.9 Å². The van der Waals surface area contributed by atoms with Crippen LogP contribution in [0.15, 0.2) is 18.2 Å². The molecule has 1 aromatic rings. The smallest absolute Gasteiger partial charge is 0.157 e. The summed E-state index contributed by atoms with van der Waals surface area (Å²) in [4.78, 5) is 0. The van der Waals surface area contributed by atoms with Gasteiger partial charge in [-0.1, -0.05) is 6.07 Å². The molecule has 4 N–H and O–H groups in total. The molecule has 0 radical (unpaired) electrons.